The van der Waals surface area contributed by atoms with Crippen LogP contribution in [-0.2, 0) is 59.2 Å². The van der Waals surface area contributed by atoms with Crippen LogP contribution >= 0.6 is 0 Å². The number of aromatic hydroxyl groups is 1. The summed E-state index contributed by atoms with van der Waals surface area (Å²) in [4.78, 5) is 139. The molecule has 24 heteroatoms. The van der Waals surface area contributed by atoms with Crippen LogP contribution in [0.2, 0.25) is 0 Å². The van der Waals surface area contributed by atoms with Crippen molar-refractivity contribution in [3.8, 4) is 5.75 Å². The molecule has 0 aliphatic carbocycles. The maximum atomic E-state index is 13.5. The van der Waals surface area contributed by atoms with E-state index in [1.54, 1.807) is 0 Å². The molecule has 0 radical (unpaired) electrons. The Kier molecular flexibility index (Phi) is 16.9. The molecule has 0 unspecified atom stereocenters. The first-order chi connectivity index (χ1) is 25.8. The molecule has 1 saturated heterocycles. The van der Waals surface area contributed by atoms with Gasteiger partial charge in [-0.25, -0.2) is 0 Å². The standard InChI is InChI=1S/C31H43N11O13/c1-13-26(50)40-17(7-21(32)45)27(51)36-11-25(49)39-20(12-43)31(55)41-16(6-14-2-4-15(44)5-3-14)30(54)42-18(8-22(33)46)28(52)35-10-24(48)38-19(9-23(34)47)29(53)37-13/h2-5,13,16-20,43-44H,6-12H2,1H3,(H2,32,45)(H2,33,46)(H2,34,47)(H,35,52)(H,36,51)(H,37,53)(H,38,48)(H,39,49)(H,40,50)(H,41,55)(H,42,54)/t13-,16-,17-,18-,19-,20-/m0/s1. The maximum absolute atomic E-state index is 13.5. The number of benzene rings is 1. The van der Waals surface area contributed by atoms with Gasteiger partial charge in [0.15, 0.2) is 0 Å². The number of aliphatic hydroxyl groups excluding tert-OH is 1. The number of hydrogen-bond donors (Lipinski definition) is 13. The molecule has 55 heavy (non-hydrogen) atoms. The van der Waals surface area contributed by atoms with E-state index in [2.05, 4.69) is 42.5 Å². The first kappa shape index (κ1) is 44.3. The molecule has 0 bridgehead atoms. The average Bonchev–Trinajstić information content (AvgIpc) is 3.10. The van der Waals surface area contributed by atoms with E-state index >= 15 is 0 Å². The van der Waals surface area contributed by atoms with Crippen LogP contribution in [0.25, 0.3) is 0 Å². The van der Waals surface area contributed by atoms with E-state index in [1.807, 2.05) is 0 Å². The molecule has 1 aromatic rings. The van der Waals surface area contributed by atoms with Gasteiger partial charge in [-0.2, -0.15) is 0 Å². The molecule has 16 N–H and O–H groups in total. The van der Waals surface area contributed by atoms with E-state index in [0.29, 0.717) is 5.56 Å². The zero-order valence-corrected chi connectivity index (χ0v) is 29.3. The molecule has 24 nitrogen and oxygen atoms in total. The summed E-state index contributed by atoms with van der Waals surface area (Å²) in [5.41, 5.74) is 16.0. The fraction of sp³-hybridized carbons (Fsp3) is 0.452. The van der Waals surface area contributed by atoms with Crippen molar-refractivity contribution >= 4 is 65.0 Å². The van der Waals surface area contributed by atoms with Gasteiger partial charge in [0.2, 0.25) is 65.0 Å². The van der Waals surface area contributed by atoms with Crippen molar-refractivity contribution in [3.05, 3.63) is 29.8 Å². The molecule has 0 aromatic heterocycles. The Morgan fingerprint density at radius 2 is 0.945 bits per heavy atom. The van der Waals surface area contributed by atoms with Crippen LogP contribution in [0.4, 0.5) is 0 Å². The van der Waals surface area contributed by atoms with Crippen molar-refractivity contribution in [3.63, 3.8) is 0 Å². The summed E-state index contributed by atoms with van der Waals surface area (Å²) in [5, 5.41) is 37.0. The molecule has 11 amide bonds. The molecule has 6 atom stereocenters. The minimum Gasteiger partial charge on any atom is -0.508 e. The summed E-state index contributed by atoms with van der Waals surface area (Å²) in [7, 11) is 0. The van der Waals surface area contributed by atoms with Crippen molar-refractivity contribution in [1.82, 2.24) is 42.5 Å². The average molecular weight is 778 g/mol. The summed E-state index contributed by atoms with van der Waals surface area (Å²) in [6.07, 6.45) is -2.70. The fourth-order valence-electron chi connectivity index (χ4n) is 4.80. The lowest BCUT2D eigenvalue weighted by molar-refractivity contribution is -0.136. The van der Waals surface area contributed by atoms with Crippen LogP contribution < -0.4 is 59.7 Å². The van der Waals surface area contributed by atoms with Crippen LogP contribution in [0.5, 0.6) is 5.75 Å². The van der Waals surface area contributed by atoms with Gasteiger partial charge in [-0.3, -0.25) is 52.7 Å². The van der Waals surface area contributed by atoms with Crippen molar-refractivity contribution in [1.29, 1.82) is 0 Å². The number of rotatable bonds is 9. The minimum atomic E-state index is -1.75. The van der Waals surface area contributed by atoms with E-state index in [1.165, 1.54) is 24.3 Å². The highest BCUT2D eigenvalue weighted by molar-refractivity contribution is 6.00. The number of amides is 11. The van der Waals surface area contributed by atoms with Gasteiger partial charge < -0.3 is 69.9 Å². The van der Waals surface area contributed by atoms with Crippen LogP contribution in [0, 0.1) is 0 Å². The lowest BCUT2D eigenvalue weighted by atomic mass is 10.0. The number of nitrogens with two attached hydrogens (primary N) is 3. The molecule has 1 fully saturated rings. The zero-order chi connectivity index (χ0) is 41.4. The summed E-state index contributed by atoms with van der Waals surface area (Å²) in [5.74, 6) is -12.2. The normalized spacial score (nSPS) is 24.2. The molecular weight excluding hydrogens is 734 g/mol. The fourth-order valence-corrected chi connectivity index (χ4v) is 4.80. The predicted molar refractivity (Wildman–Crippen MR) is 184 cm³/mol. The van der Waals surface area contributed by atoms with Gasteiger partial charge >= 0.3 is 0 Å². The van der Waals surface area contributed by atoms with Crippen LogP contribution in [0.1, 0.15) is 31.7 Å². The number of phenolic OH excluding ortho intramolecular Hbond substituents is 1. The van der Waals surface area contributed by atoms with E-state index in [0.717, 1.165) is 6.92 Å². The van der Waals surface area contributed by atoms with Crippen molar-refractivity contribution < 1.29 is 63.0 Å². The van der Waals surface area contributed by atoms with Crippen molar-refractivity contribution in [2.45, 2.75) is 68.9 Å². The van der Waals surface area contributed by atoms with Crippen LogP contribution in [-0.4, -0.2) is 131 Å². The highest BCUT2D eigenvalue weighted by atomic mass is 16.3. The molecule has 2 rings (SSSR count). The number of aliphatic hydroxyl groups is 1. The van der Waals surface area contributed by atoms with E-state index in [-0.39, 0.29) is 12.2 Å². The summed E-state index contributed by atoms with van der Waals surface area (Å²) >= 11 is 0. The third-order valence-corrected chi connectivity index (χ3v) is 7.58. The molecule has 1 aromatic carbocycles. The van der Waals surface area contributed by atoms with Gasteiger partial charge in [-0.1, -0.05) is 12.1 Å². The molecule has 0 saturated carbocycles. The Balaban J connectivity index is 2.51. The molecule has 1 aliphatic heterocycles. The third kappa shape index (κ3) is 15.3. The van der Waals surface area contributed by atoms with Gasteiger partial charge in [0.1, 0.15) is 42.0 Å². The second-order valence-corrected chi connectivity index (χ2v) is 12.2. The summed E-state index contributed by atoms with van der Waals surface area (Å²) in [6, 6.07) is -4.65. The molecule has 300 valence electrons. The van der Waals surface area contributed by atoms with E-state index in [4.69, 9.17) is 17.2 Å². The quantitative estimate of drug-likeness (QED) is 0.111. The number of nitrogens with one attached hydrogen (secondary N) is 8. The monoisotopic (exact) mass is 777 g/mol. The molecular formula is C31H43N11O13. The van der Waals surface area contributed by atoms with Gasteiger partial charge in [0.25, 0.3) is 0 Å². The lowest BCUT2D eigenvalue weighted by Gasteiger charge is -2.25. The minimum absolute atomic E-state index is 0.136. The number of hydrogen-bond acceptors (Lipinski definition) is 13. The van der Waals surface area contributed by atoms with E-state index in [9.17, 15) is 63.0 Å². The first-order valence-corrected chi connectivity index (χ1v) is 16.4. The summed E-state index contributed by atoms with van der Waals surface area (Å²) in [6.45, 7) is -1.68. The van der Waals surface area contributed by atoms with Gasteiger partial charge in [-0.05, 0) is 24.6 Å². The SMILES string of the molecule is C[C@@H]1NC(=O)[C@H](CC(N)=O)NC(=O)CNC(=O)[C@H](CC(N)=O)NC(=O)[C@H](Cc2ccc(O)cc2)NC(=O)[C@H](CO)NC(=O)CNC(=O)[C@H](CC(N)=O)NC1=O. The van der Waals surface area contributed by atoms with E-state index < -0.39 is 140 Å². The number of phenols is 1. The lowest BCUT2D eigenvalue weighted by Crippen LogP contribution is -2.60. The third-order valence-electron chi connectivity index (χ3n) is 7.58. The smallest absolute Gasteiger partial charge is 0.245 e. The van der Waals surface area contributed by atoms with Crippen molar-refractivity contribution in [2.24, 2.45) is 17.2 Å². The van der Waals surface area contributed by atoms with Gasteiger partial charge in [-0.15, -0.1) is 0 Å². The van der Waals surface area contributed by atoms with Crippen LogP contribution in [0.3, 0.4) is 0 Å². The second-order valence-electron chi connectivity index (χ2n) is 12.2. The number of carbonyl (C=O) groups excluding carboxylic acids is 11. The Hall–Kier alpha value is -6.85. The maximum Gasteiger partial charge on any atom is 0.245 e. The molecule has 1 aliphatic rings. The van der Waals surface area contributed by atoms with Gasteiger partial charge in [0, 0.05) is 6.42 Å². The largest absolute Gasteiger partial charge is 0.508 e. The molecule has 0 spiro atoms. The molecule has 1 heterocycles. The summed E-state index contributed by atoms with van der Waals surface area (Å²) < 4.78 is 0. The Morgan fingerprint density at radius 1 is 0.564 bits per heavy atom. The zero-order valence-electron chi connectivity index (χ0n) is 29.3. The Labute approximate surface area is 311 Å². The highest BCUT2D eigenvalue weighted by Gasteiger charge is 2.33. The Bertz CT molecular complexity index is 1670. The second kappa shape index (κ2) is 21.0. The number of primary amides is 3. The number of carbonyl (C=O) groups is 11. The van der Waals surface area contributed by atoms with Crippen LogP contribution in [0.15, 0.2) is 24.3 Å². The van der Waals surface area contributed by atoms with Crippen molar-refractivity contribution in [2.75, 3.05) is 19.7 Å². The predicted octanol–water partition coefficient (Wildman–Crippen LogP) is -8.27. The first-order valence-electron chi connectivity index (χ1n) is 16.4. The topological polar surface area (TPSA) is 403 Å². The Morgan fingerprint density at radius 3 is 1.40 bits per heavy atom. The highest BCUT2D eigenvalue weighted by Crippen LogP contribution is 2.12. The van der Waals surface area contributed by atoms with Gasteiger partial charge in [0.05, 0.1) is 39.0 Å².